The van der Waals surface area contributed by atoms with E-state index in [1.165, 1.54) is 77.0 Å². The van der Waals surface area contributed by atoms with E-state index in [4.69, 9.17) is 4.74 Å². The lowest BCUT2D eigenvalue weighted by Crippen LogP contribution is -2.59. The molecule has 1 N–H and O–H groups in total. The average Bonchev–Trinajstić information content (AvgIpc) is 3.73. The number of aromatic carboxylic acids is 1. The van der Waals surface area contributed by atoms with Gasteiger partial charge in [-0.15, -0.1) is 0 Å². The van der Waals surface area contributed by atoms with E-state index in [1.807, 2.05) is 36.4 Å². The summed E-state index contributed by atoms with van der Waals surface area (Å²) in [5.74, 6) is -0.406. The van der Waals surface area contributed by atoms with E-state index in [2.05, 4.69) is 130 Å². The molecule has 0 amide bonds. The van der Waals surface area contributed by atoms with E-state index in [0.717, 1.165) is 27.8 Å². The first kappa shape index (κ1) is 35.3. The molecule has 2 aromatic heterocycles. The van der Waals surface area contributed by atoms with Gasteiger partial charge in [0.15, 0.2) is 0 Å². The Labute approximate surface area is 342 Å². The largest absolute Gasteiger partial charge is 0.478 e. The third-order valence-electron chi connectivity index (χ3n) is 12.8. The van der Waals surface area contributed by atoms with Crippen molar-refractivity contribution in [2.45, 2.75) is 52.4 Å². The number of ether oxygens (including phenoxy) is 1. The minimum Gasteiger partial charge on any atom is -0.478 e. The van der Waals surface area contributed by atoms with Crippen molar-refractivity contribution in [3.05, 3.63) is 144 Å². The fourth-order valence-electron chi connectivity index (χ4n) is 9.82. The lowest BCUT2D eigenvalue weighted by Gasteiger charge is -2.35. The number of benzene rings is 7. The van der Waals surface area contributed by atoms with E-state index < -0.39 is 5.97 Å². The average molecular weight is 769 g/mol. The SMILES string of the molecule is CC(C)(C)c1cc2c3c(c1)c1cc(-c4ccc(OC=O)cc4)ccc1n3-c1cccc3c1B2c1cc(C(C)(C)C)cc2c4cc(-c5ccc(C(=O)O)cc5)ccc4n-3c12. The second kappa shape index (κ2) is 12.1. The third-order valence-corrected chi connectivity index (χ3v) is 12.8. The Bertz CT molecular complexity index is 3300. The summed E-state index contributed by atoms with van der Waals surface area (Å²) in [6.45, 7) is 14.3. The topological polar surface area (TPSA) is 73.5 Å². The third kappa shape index (κ3) is 5.07. The molecule has 0 saturated heterocycles. The summed E-state index contributed by atoms with van der Waals surface area (Å²) in [4.78, 5) is 22.6. The van der Waals surface area contributed by atoms with Crippen molar-refractivity contribution in [3.8, 4) is 39.4 Å². The Morgan fingerprint density at radius 1 is 0.576 bits per heavy atom. The monoisotopic (exact) mass is 768 g/mol. The fourth-order valence-corrected chi connectivity index (χ4v) is 9.82. The molecule has 0 atom stereocenters. The van der Waals surface area contributed by atoms with Crippen molar-refractivity contribution < 1.29 is 19.4 Å². The molecule has 11 rings (SSSR count). The van der Waals surface area contributed by atoms with E-state index in [0.29, 0.717) is 12.2 Å². The number of hydrogen-bond acceptors (Lipinski definition) is 3. The van der Waals surface area contributed by atoms with Gasteiger partial charge in [-0.3, -0.25) is 4.79 Å². The van der Waals surface area contributed by atoms with Gasteiger partial charge in [0.25, 0.3) is 13.2 Å². The quantitative estimate of drug-likeness (QED) is 0.140. The van der Waals surface area contributed by atoms with E-state index in [-0.39, 0.29) is 23.1 Å². The van der Waals surface area contributed by atoms with Crippen molar-refractivity contribution in [2.24, 2.45) is 0 Å². The molecule has 0 fully saturated rings. The molecule has 0 bridgehead atoms. The van der Waals surface area contributed by atoms with E-state index >= 15 is 0 Å². The maximum atomic E-state index is 11.7. The van der Waals surface area contributed by atoms with E-state index in [1.54, 1.807) is 12.1 Å². The number of carboxylic acid groups (broad SMARTS) is 1. The second-order valence-electron chi connectivity index (χ2n) is 18.3. The van der Waals surface area contributed by atoms with Gasteiger partial charge < -0.3 is 19.0 Å². The molecule has 9 aromatic rings. The molecule has 2 aliphatic rings. The van der Waals surface area contributed by atoms with E-state index in [9.17, 15) is 14.7 Å². The normalized spacial score (nSPS) is 13.1. The van der Waals surface area contributed by atoms with Crippen LogP contribution < -0.4 is 21.1 Å². The standard InChI is InChI=1S/C52H41BN2O4/c1-51(2,3)34-24-39-37-22-32(29-10-12-31(13-11-29)50(57)58)16-20-43(37)54-45-8-7-9-46-47(45)53(41(26-34)48(39)54)42-27-35(52(4,5)6)25-40-38-23-33(17-21-44(38)55(46)49(40)42)30-14-18-36(19-15-30)59-28-56/h7-28H,1-6H3,(H,57,58). The van der Waals surface area contributed by atoms with Gasteiger partial charge in [0.1, 0.15) is 5.75 Å². The van der Waals surface area contributed by atoms with Crippen LogP contribution in [0.25, 0.3) is 77.2 Å². The number of nitrogens with zero attached hydrogens (tertiary/aromatic N) is 2. The molecule has 7 heteroatoms. The van der Waals surface area contributed by atoms with Gasteiger partial charge in [-0.1, -0.05) is 96.1 Å². The number of carboxylic acids is 1. The molecule has 2 aliphatic heterocycles. The highest BCUT2D eigenvalue weighted by molar-refractivity contribution is 7.00. The predicted octanol–water partition coefficient (Wildman–Crippen LogP) is 10.2. The number of carbonyl (C=O) groups excluding carboxylic acids is 1. The first-order valence-corrected chi connectivity index (χ1v) is 20.2. The molecular formula is C52H41BN2O4. The van der Waals surface area contributed by atoms with Crippen LogP contribution in [0.3, 0.4) is 0 Å². The summed E-state index contributed by atoms with van der Waals surface area (Å²) in [5.41, 5.74) is 18.0. The van der Waals surface area contributed by atoms with Crippen LogP contribution >= 0.6 is 0 Å². The van der Waals surface area contributed by atoms with Crippen LogP contribution in [0.15, 0.2) is 127 Å². The van der Waals surface area contributed by atoms with Crippen molar-refractivity contribution in [3.63, 3.8) is 0 Å². The number of rotatable bonds is 5. The summed E-state index contributed by atoms with van der Waals surface area (Å²) in [6.07, 6.45) is 0. The van der Waals surface area contributed by atoms with Gasteiger partial charge in [-0.2, -0.15) is 0 Å². The van der Waals surface area contributed by atoms with Crippen molar-refractivity contribution in [1.82, 2.24) is 9.13 Å². The van der Waals surface area contributed by atoms with Crippen molar-refractivity contribution in [2.75, 3.05) is 0 Å². The lowest BCUT2D eigenvalue weighted by atomic mass is 9.34. The highest BCUT2D eigenvalue weighted by atomic mass is 16.5. The molecule has 4 heterocycles. The zero-order valence-corrected chi connectivity index (χ0v) is 33.8. The molecule has 286 valence electrons. The Kier molecular flexibility index (Phi) is 7.24. The second-order valence-corrected chi connectivity index (χ2v) is 18.3. The van der Waals surface area contributed by atoms with Crippen molar-refractivity contribution >= 4 is 79.2 Å². The maximum Gasteiger partial charge on any atom is 0.335 e. The summed E-state index contributed by atoms with van der Waals surface area (Å²) in [6, 6.07) is 45.0. The Hall–Kier alpha value is -6.86. The van der Waals surface area contributed by atoms with Gasteiger partial charge in [-0.25, -0.2) is 4.79 Å². The minimum atomic E-state index is -0.926. The summed E-state index contributed by atoms with van der Waals surface area (Å²) in [7, 11) is 0. The molecule has 6 nitrogen and oxygen atoms in total. The van der Waals surface area contributed by atoms with Crippen LogP contribution in [0.4, 0.5) is 0 Å². The van der Waals surface area contributed by atoms with Gasteiger partial charge in [0, 0.05) is 44.0 Å². The zero-order valence-electron chi connectivity index (χ0n) is 33.8. The smallest absolute Gasteiger partial charge is 0.335 e. The number of fused-ring (bicyclic) bond motifs is 10. The summed E-state index contributed by atoms with van der Waals surface area (Å²) >= 11 is 0. The van der Waals surface area contributed by atoms with Crippen LogP contribution in [-0.4, -0.2) is 33.4 Å². The highest BCUT2D eigenvalue weighted by Gasteiger charge is 2.42. The van der Waals surface area contributed by atoms with Gasteiger partial charge in [-0.05, 0) is 133 Å². The molecule has 0 radical (unpaired) electrons. The highest BCUT2D eigenvalue weighted by Crippen LogP contribution is 2.43. The summed E-state index contributed by atoms with van der Waals surface area (Å²) < 4.78 is 10.1. The van der Waals surface area contributed by atoms with Crippen LogP contribution in [0.2, 0.25) is 0 Å². The Balaban J connectivity index is 1.23. The molecule has 7 aromatic carbocycles. The first-order chi connectivity index (χ1) is 28.3. The van der Waals surface area contributed by atoms with Crippen molar-refractivity contribution in [1.29, 1.82) is 0 Å². The molecular weight excluding hydrogens is 727 g/mol. The zero-order chi connectivity index (χ0) is 40.7. The number of hydrogen-bond donors (Lipinski definition) is 1. The lowest BCUT2D eigenvalue weighted by molar-refractivity contribution is -0.120. The fraction of sp³-hybridized carbons (Fsp3) is 0.154. The van der Waals surface area contributed by atoms with Gasteiger partial charge >= 0.3 is 5.97 Å². The Morgan fingerprint density at radius 3 is 1.47 bits per heavy atom. The van der Waals surface area contributed by atoms with Crippen LogP contribution in [0.5, 0.6) is 5.75 Å². The predicted molar refractivity (Wildman–Crippen MR) is 242 cm³/mol. The molecule has 59 heavy (non-hydrogen) atoms. The first-order valence-electron chi connectivity index (χ1n) is 20.2. The van der Waals surface area contributed by atoms with Crippen LogP contribution in [-0.2, 0) is 15.6 Å². The molecule has 0 saturated carbocycles. The number of aromatic nitrogens is 2. The minimum absolute atomic E-state index is 0.00251. The van der Waals surface area contributed by atoms with Crippen LogP contribution in [0, 0.1) is 0 Å². The molecule has 0 spiro atoms. The maximum absolute atomic E-state index is 11.7. The van der Waals surface area contributed by atoms with Gasteiger partial charge in [0.2, 0.25) is 0 Å². The molecule has 0 unspecified atom stereocenters. The summed E-state index contributed by atoms with van der Waals surface area (Å²) in [5, 5.41) is 14.4. The number of carbonyl (C=O) groups is 2. The van der Waals surface area contributed by atoms with Gasteiger partial charge in [0.05, 0.1) is 16.6 Å². The van der Waals surface area contributed by atoms with Crippen LogP contribution in [0.1, 0.15) is 63.0 Å². The molecule has 0 aliphatic carbocycles. The Morgan fingerprint density at radius 2 is 1.03 bits per heavy atom.